The number of nitrogens with zero attached hydrogens (tertiary/aromatic N) is 1. The van der Waals surface area contributed by atoms with Crippen LogP contribution in [0.25, 0.3) is 0 Å². The number of ether oxygens (including phenoxy) is 1. The van der Waals surface area contributed by atoms with Gasteiger partial charge in [-0.2, -0.15) is 0 Å². The smallest absolute Gasteiger partial charge is 0.330 e. The Kier molecular flexibility index (Phi) is 6.88. The molecule has 0 aromatic carbocycles. The lowest BCUT2D eigenvalue weighted by Gasteiger charge is -2.37. The van der Waals surface area contributed by atoms with Crippen LogP contribution >= 0.6 is 23.4 Å². The molecule has 0 bridgehead atoms. The largest absolute Gasteiger partial charge is 0.414 e. The van der Waals surface area contributed by atoms with E-state index in [0.717, 1.165) is 0 Å². The predicted octanol–water partition coefficient (Wildman–Crippen LogP) is 3.45. The Labute approximate surface area is 164 Å². The summed E-state index contributed by atoms with van der Waals surface area (Å²) in [5.74, 6) is 0. The van der Waals surface area contributed by atoms with Crippen LogP contribution in [0.1, 0.15) is 39.0 Å². The molecule has 2 heterocycles. The highest BCUT2D eigenvalue weighted by Crippen LogP contribution is 2.40. The summed E-state index contributed by atoms with van der Waals surface area (Å²) in [7, 11) is -1.89. The van der Waals surface area contributed by atoms with Crippen LogP contribution in [-0.4, -0.2) is 41.0 Å². The number of thioether (sulfide) groups is 1. The SMILES string of the molecule is Cc1cn([C@H]2CC(SCCl)[C@@H](CO[Si](C)(C)C(C)(C)C)O2)c(=O)[nH]c1=O. The van der Waals surface area contributed by atoms with E-state index in [9.17, 15) is 9.59 Å². The summed E-state index contributed by atoms with van der Waals surface area (Å²) in [6, 6.07) is 0. The van der Waals surface area contributed by atoms with Gasteiger partial charge in [-0.3, -0.25) is 14.3 Å². The molecule has 0 amide bonds. The molecule has 1 aliphatic rings. The molecule has 1 N–H and O–H groups in total. The van der Waals surface area contributed by atoms with Crippen molar-refractivity contribution < 1.29 is 9.16 Å². The Bertz CT molecular complexity index is 744. The van der Waals surface area contributed by atoms with Crippen LogP contribution in [0.2, 0.25) is 18.1 Å². The van der Waals surface area contributed by atoms with Gasteiger partial charge in [-0.05, 0) is 25.1 Å². The molecule has 1 aromatic rings. The van der Waals surface area contributed by atoms with Gasteiger partial charge in [-0.25, -0.2) is 4.79 Å². The maximum atomic E-state index is 12.2. The molecular weight excluding hydrogens is 392 g/mol. The number of aromatic nitrogens is 2. The second-order valence-corrected chi connectivity index (χ2v) is 14.9. The lowest BCUT2D eigenvalue weighted by Crippen LogP contribution is -2.43. The number of halogens is 1. The van der Waals surface area contributed by atoms with Crippen molar-refractivity contribution >= 4 is 31.7 Å². The predicted molar refractivity (Wildman–Crippen MR) is 110 cm³/mol. The molecule has 3 atom stereocenters. The van der Waals surface area contributed by atoms with Crippen molar-refractivity contribution in [1.82, 2.24) is 9.55 Å². The third-order valence-electron chi connectivity index (χ3n) is 5.33. The number of hydrogen-bond donors (Lipinski definition) is 1. The molecular formula is C17H29ClN2O4SSi. The van der Waals surface area contributed by atoms with Crippen LogP contribution in [0.4, 0.5) is 0 Å². The van der Waals surface area contributed by atoms with E-state index in [1.165, 1.54) is 4.57 Å². The molecule has 6 nitrogen and oxygen atoms in total. The monoisotopic (exact) mass is 420 g/mol. The topological polar surface area (TPSA) is 73.3 Å². The molecule has 148 valence electrons. The van der Waals surface area contributed by atoms with Crippen molar-refractivity contribution in [2.75, 3.05) is 11.8 Å². The number of alkyl halides is 1. The van der Waals surface area contributed by atoms with Gasteiger partial charge < -0.3 is 9.16 Å². The molecule has 1 aromatic heterocycles. The fourth-order valence-corrected chi connectivity index (χ4v) is 4.90. The van der Waals surface area contributed by atoms with Gasteiger partial charge in [0.2, 0.25) is 0 Å². The Morgan fingerprint density at radius 3 is 2.65 bits per heavy atom. The summed E-state index contributed by atoms with van der Waals surface area (Å²) >= 11 is 7.55. The van der Waals surface area contributed by atoms with E-state index in [1.807, 2.05) is 0 Å². The summed E-state index contributed by atoms with van der Waals surface area (Å²) < 4.78 is 13.9. The van der Waals surface area contributed by atoms with Crippen LogP contribution in [0.5, 0.6) is 0 Å². The van der Waals surface area contributed by atoms with Gasteiger partial charge in [0.05, 0.1) is 17.9 Å². The van der Waals surface area contributed by atoms with Crippen LogP contribution in [0.3, 0.4) is 0 Å². The number of rotatable bonds is 6. The van der Waals surface area contributed by atoms with Crippen LogP contribution in [0.15, 0.2) is 15.8 Å². The van der Waals surface area contributed by atoms with Gasteiger partial charge in [0.15, 0.2) is 8.32 Å². The third-order valence-corrected chi connectivity index (χ3v) is 11.3. The van der Waals surface area contributed by atoms with Crippen molar-refractivity contribution in [2.45, 2.75) is 69.8 Å². The summed E-state index contributed by atoms with van der Waals surface area (Å²) in [6.07, 6.45) is 1.64. The van der Waals surface area contributed by atoms with Gasteiger partial charge in [-0.15, -0.1) is 23.4 Å². The molecule has 0 aliphatic carbocycles. The number of aryl methyl sites for hydroxylation is 1. The first-order chi connectivity index (χ1) is 12.0. The van der Waals surface area contributed by atoms with Crippen molar-refractivity contribution in [2.24, 2.45) is 0 Å². The number of H-pyrrole nitrogens is 1. The van der Waals surface area contributed by atoms with E-state index < -0.39 is 20.2 Å². The molecule has 1 unspecified atom stereocenters. The molecule has 1 saturated heterocycles. The van der Waals surface area contributed by atoms with Crippen molar-refractivity contribution in [3.63, 3.8) is 0 Å². The fraction of sp³-hybridized carbons (Fsp3) is 0.765. The van der Waals surface area contributed by atoms with E-state index in [-0.39, 0.29) is 22.0 Å². The Balaban J connectivity index is 2.17. The number of aromatic amines is 1. The quantitative estimate of drug-likeness (QED) is 0.563. The maximum absolute atomic E-state index is 12.2. The summed E-state index contributed by atoms with van der Waals surface area (Å²) in [5.41, 5.74) is -0.337. The third kappa shape index (κ3) is 4.84. The van der Waals surface area contributed by atoms with E-state index in [1.54, 1.807) is 24.9 Å². The zero-order valence-electron chi connectivity index (χ0n) is 16.3. The highest BCUT2D eigenvalue weighted by atomic mass is 35.5. The molecule has 2 rings (SSSR count). The zero-order chi connectivity index (χ0) is 19.7. The average Bonchev–Trinajstić information content (AvgIpc) is 2.91. The number of nitrogens with one attached hydrogen (secondary N) is 1. The Morgan fingerprint density at radius 1 is 1.42 bits per heavy atom. The zero-order valence-corrected chi connectivity index (χ0v) is 18.9. The van der Waals surface area contributed by atoms with E-state index in [4.69, 9.17) is 20.8 Å². The van der Waals surface area contributed by atoms with E-state index in [2.05, 4.69) is 38.8 Å². The normalized spacial score (nSPS) is 24.2. The second-order valence-electron chi connectivity index (χ2n) is 8.23. The standard InChI is InChI=1S/C17H29ClN2O4SSi/c1-11-8-20(16(22)19-15(11)21)14-7-13(25-10-18)12(24-14)9-23-26(5,6)17(2,3)4/h8,12-14H,7,9-10H2,1-6H3,(H,19,21,22)/t12-,13?,14-/m1/s1. The van der Waals surface area contributed by atoms with Crippen molar-refractivity contribution in [3.8, 4) is 0 Å². The lowest BCUT2D eigenvalue weighted by atomic mass is 10.2. The van der Waals surface area contributed by atoms with Gasteiger partial charge in [-0.1, -0.05) is 20.8 Å². The van der Waals surface area contributed by atoms with E-state index in [0.29, 0.717) is 23.8 Å². The Morgan fingerprint density at radius 2 is 2.08 bits per heavy atom. The minimum Gasteiger partial charge on any atom is -0.414 e. The molecule has 0 spiro atoms. The minimum atomic E-state index is -1.89. The molecule has 0 radical (unpaired) electrons. The van der Waals surface area contributed by atoms with Crippen molar-refractivity contribution in [1.29, 1.82) is 0 Å². The first-order valence-electron chi connectivity index (χ1n) is 8.75. The van der Waals surface area contributed by atoms with Crippen LogP contribution < -0.4 is 11.2 Å². The van der Waals surface area contributed by atoms with Crippen LogP contribution in [0, 0.1) is 6.92 Å². The Hall–Kier alpha value is -0.543. The van der Waals surface area contributed by atoms with Gasteiger partial charge in [0, 0.05) is 23.4 Å². The molecule has 0 saturated carbocycles. The van der Waals surface area contributed by atoms with Gasteiger partial charge in [0.25, 0.3) is 5.56 Å². The van der Waals surface area contributed by atoms with E-state index >= 15 is 0 Å². The van der Waals surface area contributed by atoms with Gasteiger partial charge >= 0.3 is 5.69 Å². The molecule has 26 heavy (non-hydrogen) atoms. The van der Waals surface area contributed by atoms with Gasteiger partial charge in [0.1, 0.15) is 6.23 Å². The van der Waals surface area contributed by atoms with Crippen molar-refractivity contribution in [3.05, 3.63) is 32.6 Å². The summed E-state index contributed by atoms with van der Waals surface area (Å²) in [4.78, 5) is 26.1. The molecule has 1 aliphatic heterocycles. The van der Waals surface area contributed by atoms with Crippen LogP contribution in [-0.2, 0) is 9.16 Å². The molecule has 9 heteroatoms. The first-order valence-corrected chi connectivity index (χ1v) is 13.2. The number of hydrogen-bond acceptors (Lipinski definition) is 5. The highest BCUT2D eigenvalue weighted by molar-refractivity contribution is 8.01. The maximum Gasteiger partial charge on any atom is 0.330 e. The lowest BCUT2D eigenvalue weighted by molar-refractivity contribution is -0.0214. The summed E-state index contributed by atoms with van der Waals surface area (Å²) in [5, 5.41) is 0.714. The minimum absolute atomic E-state index is 0.118. The molecule has 1 fully saturated rings. The first kappa shape index (κ1) is 21.8. The highest BCUT2D eigenvalue weighted by Gasteiger charge is 2.41. The summed E-state index contributed by atoms with van der Waals surface area (Å²) in [6.45, 7) is 13.2. The fourth-order valence-electron chi connectivity index (χ4n) is 2.58. The second kappa shape index (κ2) is 8.22. The average molecular weight is 421 g/mol.